The highest BCUT2D eigenvalue weighted by atomic mass is 35.5. The molecule has 0 aromatic carbocycles. The van der Waals surface area contributed by atoms with Crippen molar-refractivity contribution in [2.75, 3.05) is 25.5 Å². The van der Waals surface area contributed by atoms with Gasteiger partial charge in [-0.2, -0.15) is 0 Å². The summed E-state index contributed by atoms with van der Waals surface area (Å²) in [6.07, 6.45) is 2.28. The third-order valence-corrected chi connectivity index (χ3v) is 2.17. The van der Waals surface area contributed by atoms with Gasteiger partial charge in [0.05, 0.1) is 6.04 Å². The van der Waals surface area contributed by atoms with E-state index in [9.17, 15) is 0 Å². The molecule has 1 unspecified atom stereocenters. The molecule has 1 aromatic heterocycles. The minimum absolute atomic E-state index is 0. The van der Waals surface area contributed by atoms with Crippen molar-refractivity contribution in [2.24, 2.45) is 0 Å². The molecule has 2 rings (SSSR count). The summed E-state index contributed by atoms with van der Waals surface area (Å²) < 4.78 is 5.47. The Kier molecular flexibility index (Phi) is 3.71. The smallest absolute Gasteiger partial charge is 0.317 e. The fourth-order valence-electron chi connectivity index (χ4n) is 1.44. The van der Waals surface area contributed by atoms with E-state index < -0.39 is 0 Å². The summed E-state index contributed by atoms with van der Waals surface area (Å²) in [6, 6.07) is 0.838. The van der Waals surface area contributed by atoms with Gasteiger partial charge in [-0.1, -0.05) is 5.10 Å². The highest BCUT2D eigenvalue weighted by molar-refractivity contribution is 5.85. The Morgan fingerprint density at radius 1 is 1.43 bits per heavy atom. The Balaban J connectivity index is 0.000000980. The summed E-state index contributed by atoms with van der Waals surface area (Å²) in [5.41, 5.74) is 0. The van der Waals surface area contributed by atoms with Crippen molar-refractivity contribution in [1.29, 1.82) is 0 Å². The van der Waals surface area contributed by atoms with Crippen molar-refractivity contribution in [2.45, 2.75) is 18.9 Å². The fourth-order valence-corrected chi connectivity index (χ4v) is 1.44. The Morgan fingerprint density at radius 2 is 2.21 bits per heavy atom. The van der Waals surface area contributed by atoms with E-state index in [1.54, 1.807) is 0 Å². The number of hydrogen-bond acceptors (Lipinski definition) is 5. The summed E-state index contributed by atoms with van der Waals surface area (Å²) in [5, 5.41) is 11.2. The number of nitrogens with one attached hydrogen (secondary N) is 1. The monoisotopic (exact) mass is 218 g/mol. The molecule has 2 heterocycles. The van der Waals surface area contributed by atoms with E-state index >= 15 is 0 Å². The largest absolute Gasteiger partial charge is 0.406 e. The normalized spacial score (nSPS) is 20.6. The Labute approximate surface area is 89.3 Å². The van der Waals surface area contributed by atoms with Crippen molar-refractivity contribution in [3.63, 3.8) is 0 Å². The second-order valence-corrected chi connectivity index (χ2v) is 3.47. The second kappa shape index (κ2) is 4.61. The first-order chi connectivity index (χ1) is 6.27. The molecule has 1 aliphatic heterocycles. The van der Waals surface area contributed by atoms with E-state index in [4.69, 9.17) is 4.42 Å². The van der Waals surface area contributed by atoms with E-state index in [1.807, 2.05) is 19.0 Å². The average Bonchev–Trinajstić information content (AvgIpc) is 2.75. The highest BCUT2D eigenvalue weighted by Gasteiger charge is 2.22. The summed E-state index contributed by atoms with van der Waals surface area (Å²) >= 11 is 0. The summed E-state index contributed by atoms with van der Waals surface area (Å²) in [4.78, 5) is 1.81. The van der Waals surface area contributed by atoms with Crippen LogP contribution < -0.4 is 10.2 Å². The SMILES string of the molecule is CN(C)c1nnc(C2CCCN2)o1.Cl. The van der Waals surface area contributed by atoms with Gasteiger partial charge >= 0.3 is 6.01 Å². The predicted octanol–water partition coefficient (Wildman–Crippen LogP) is 0.982. The lowest BCUT2D eigenvalue weighted by Crippen LogP contribution is -2.13. The Hall–Kier alpha value is -0.810. The lowest BCUT2D eigenvalue weighted by atomic mass is 10.2. The Morgan fingerprint density at radius 3 is 2.71 bits per heavy atom. The third kappa shape index (κ3) is 2.16. The van der Waals surface area contributed by atoms with E-state index in [-0.39, 0.29) is 18.4 Å². The van der Waals surface area contributed by atoms with Gasteiger partial charge in [-0.15, -0.1) is 17.5 Å². The zero-order valence-corrected chi connectivity index (χ0v) is 9.17. The van der Waals surface area contributed by atoms with Crippen molar-refractivity contribution >= 4 is 18.4 Å². The zero-order valence-electron chi connectivity index (χ0n) is 8.36. The predicted molar refractivity (Wildman–Crippen MR) is 55.9 cm³/mol. The number of nitrogens with zero attached hydrogens (tertiary/aromatic N) is 3. The molecule has 0 spiro atoms. The molecule has 0 aliphatic carbocycles. The molecule has 1 aromatic rings. The van der Waals surface area contributed by atoms with Crippen LogP contribution in [0.25, 0.3) is 0 Å². The molecule has 1 atom stereocenters. The van der Waals surface area contributed by atoms with Crippen LogP contribution in [0.2, 0.25) is 0 Å². The van der Waals surface area contributed by atoms with Crippen LogP contribution in [0.1, 0.15) is 24.8 Å². The first kappa shape index (κ1) is 11.3. The van der Waals surface area contributed by atoms with Crippen LogP contribution in [0.3, 0.4) is 0 Å². The van der Waals surface area contributed by atoms with Crippen LogP contribution >= 0.6 is 12.4 Å². The van der Waals surface area contributed by atoms with Gasteiger partial charge in [-0.05, 0) is 19.4 Å². The molecule has 1 N–H and O–H groups in total. The molecule has 80 valence electrons. The van der Waals surface area contributed by atoms with Crippen LogP contribution in [0, 0.1) is 0 Å². The van der Waals surface area contributed by atoms with Crippen LogP contribution in [-0.2, 0) is 0 Å². The molecule has 6 heteroatoms. The van der Waals surface area contributed by atoms with Crippen LogP contribution in [0.5, 0.6) is 0 Å². The number of aromatic nitrogens is 2. The molecule has 1 fully saturated rings. The lowest BCUT2D eigenvalue weighted by molar-refractivity contribution is 0.432. The van der Waals surface area contributed by atoms with Gasteiger partial charge < -0.3 is 14.6 Å². The minimum Gasteiger partial charge on any atom is -0.406 e. The van der Waals surface area contributed by atoms with Gasteiger partial charge in [0.1, 0.15) is 0 Å². The molecule has 1 aliphatic rings. The maximum atomic E-state index is 5.47. The molecule has 0 radical (unpaired) electrons. The van der Waals surface area contributed by atoms with Gasteiger partial charge in [0, 0.05) is 14.1 Å². The van der Waals surface area contributed by atoms with Gasteiger partial charge in [0.2, 0.25) is 5.89 Å². The fraction of sp³-hybridized carbons (Fsp3) is 0.750. The molecular weight excluding hydrogens is 204 g/mol. The topological polar surface area (TPSA) is 54.2 Å². The maximum absolute atomic E-state index is 5.47. The van der Waals surface area contributed by atoms with Gasteiger partial charge in [0.25, 0.3) is 0 Å². The highest BCUT2D eigenvalue weighted by Crippen LogP contribution is 2.23. The number of halogens is 1. The van der Waals surface area contributed by atoms with Crippen molar-refractivity contribution in [3.8, 4) is 0 Å². The summed E-state index contributed by atoms with van der Waals surface area (Å²) in [5.74, 6) is 0.709. The summed E-state index contributed by atoms with van der Waals surface area (Å²) in [7, 11) is 3.78. The first-order valence-electron chi connectivity index (χ1n) is 4.51. The van der Waals surface area contributed by atoms with E-state index in [0.717, 1.165) is 13.0 Å². The Bertz CT molecular complexity index is 283. The van der Waals surface area contributed by atoms with Crippen molar-refractivity contribution in [1.82, 2.24) is 15.5 Å². The molecule has 14 heavy (non-hydrogen) atoms. The van der Waals surface area contributed by atoms with E-state index in [2.05, 4.69) is 15.5 Å². The maximum Gasteiger partial charge on any atom is 0.317 e. The lowest BCUT2D eigenvalue weighted by Gasteiger charge is -2.05. The van der Waals surface area contributed by atoms with Gasteiger partial charge in [0.15, 0.2) is 0 Å². The molecular formula is C8H15ClN4O. The molecule has 0 amide bonds. The first-order valence-corrected chi connectivity index (χ1v) is 4.51. The molecule has 0 bridgehead atoms. The van der Waals surface area contributed by atoms with Crippen LogP contribution in [0.15, 0.2) is 4.42 Å². The molecule has 0 saturated carbocycles. The number of anilines is 1. The minimum atomic E-state index is 0. The quantitative estimate of drug-likeness (QED) is 0.802. The van der Waals surface area contributed by atoms with Crippen LogP contribution in [-0.4, -0.2) is 30.8 Å². The van der Waals surface area contributed by atoms with E-state index in [0.29, 0.717) is 11.9 Å². The molecule has 1 saturated heterocycles. The standard InChI is InChI=1S/C8H14N4O.ClH/c1-12(2)8-11-10-7(13-8)6-4-3-5-9-6;/h6,9H,3-5H2,1-2H3;1H. The molecule has 5 nitrogen and oxygen atoms in total. The number of rotatable bonds is 2. The summed E-state index contributed by atoms with van der Waals surface area (Å²) in [6.45, 7) is 1.05. The van der Waals surface area contributed by atoms with Gasteiger partial charge in [-0.3, -0.25) is 0 Å². The van der Waals surface area contributed by atoms with Crippen molar-refractivity contribution in [3.05, 3.63) is 5.89 Å². The average molecular weight is 219 g/mol. The van der Waals surface area contributed by atoms with E-state index in [1.165, 1.54) is 6.42 Å². The zero-order chi connectivity index (χ0) is 9.26. The van der Waals surface area contributed by atoms with Gasteiger partial charge in [-0.25, -0.2) is 0 Å². The van der Waals surface area contributed by atoms with Crippen LogP contribution in [0.4, 0.5) is 6.01 Å². The third-order valence-electron chi connectivity index (χ3n) is 2.17. The number of hydrogen-bond donors (Lipinski definition) is 1. The van der Waals surface area contributed by atoms with Crippen molar-refractivity contribution < 1.29 is 4.42 Å². The second-order valence-electron chi connectivity index (χ2n) is 3.47.